The molecule has 0 unspecified atom stereocenters. The molecule has 0 radical (unpaired) electrons. The van der Waals surface area contributed by atoms with Gasteiger partial charge in [0.05, 0.1) is 11.3 Å². The number of Topliss-reactive ketones (excluding diaryl/α,β-unsaturated/α-hetero) is 1. The average Bonchev–Trinajstić information content (AvgIpc) is 1.85. The molecule has 0 saturated carbocycles. The SMILES string of the molecule is C=C(C(=O)CSC)C(F)(F)F. The molecule has 0 spiro atoms. The first-order valence-corrected chi connectivity index (χ1v) is 4.07. The lowest BCUT2D eigenvalue weighted by Gasteiger charge is -2.06. The largest absolute Gasteiger partial charge is 0.419 e. The second-order valence-electron chi connectivity index (χ2n) is 1.83. The molecule has 0 saturated heterocycles. The molecular formula is C6H7F3OS. The van der Waals surface area contributed by atoms with Crippen molar-refractivity contribution < 1.29 is 18.0 Å². The van der Waals surface area contributed by atoms with Gasteiger partial charge in [-0.25, -0.2) is 0 Å². The smallest absolute Gasteiger partial charge is 0.293 e. The molecule has 0 atom stereocenters. The summed E-state index contributed by atoms with van der Waals surface area (Å²) in [4.78, 5) is 10.5. The maximum absolute atomic E-state index is 11.7. The van der Waals surface area contributed by atoms with E-state index >= 15 is 0 Å². The van der Waals surface area contributed by atoms with Gasteiger partial charge in [-0.05, 0) is 6.26 Å². The molecule has 0 aliphatic carbocycles. The van der Waals surface area contributed by atoms with E-state index in [4.69, 9.17) is 0 Å². The van der Waals surface area contributed by atoms with Crippen LogP contribution in [0.2, 0.25) is 0 Å². The number of thioether (sulfide) groups is 1. The molecule has 0 rings (SSSR count). The number of alkyl halides is 3. The molecule has 0 heterocycles. The predicted octanol–water partition coefficient (Wildman–Crippen LogP) is 2.04. The molecule has 0 aliphatic rings. The third kappa shape index (κ3) is 3.46. The first-order valence-electron chi connectivity index (χ1n) is 2.68. The fraction of sp³-hybridized carbons (Fsp3) is 0.500. The van der Waals surface area contributed by atoms with Crippen molar-refractivity contribution in [2.75, 3.05) is 12.0 Å². The van der Waals surface area contributed by atoms with Crippen molar-refractivity contribution in [1.82, 2.24) is 0 Å². The molecule has 0 aliphatic heterocycles. The van der Waals surface area contributed by atoms with E-state index in [1.165, 1.54) is 0 Å². The summed E-state index contributed by atoms with van der Waals surface area (Å²) in [7, 11) is 0. The highest BCUT2D eigenvalue weighted by Gasteiger charge is 2.35. The van der Waals surface area contributed by atoms with E-state index in [1.54, 1.807) is 6.26 Å². The van der Waals surface area contributed by atoms with E-state index in [9.17, 15) is 18.0 Å². The number of carbonyl (C=O) groups is 1. The zero-order valence-corrected chi connectivity index (χ0v) is 6.68. The molecule has 0 amide bonds. The summed E-state index contributed by atoms with van der Waals surface area (Å²) >= 11 is 1.04. The van der Waals surface area contributed by atoms with Crippen LogP contribution in [0.15, 0.2) is 12.2 Å². The van der Waals surface area contributed by atoms with Gasteiger partial charge >= 0.3 is 6.18 Å². The summed E-state index contributed by atoms with van der Waals surface area (Å²) in [5.74, 6) is -1.12. The molecule has 11 heavy (non-hydrogen) atoms. The molecular weight excluding hydrogens is 177 g/mol. The van der Waals surface area contributed by atoms with Crippen LogP contribution in [0.5, 0.6) is 0 Å². The number of halogens is 3. The molecule has 0 aromatic rings. The molecule has 5 heteroatoms. The lowest BCUT2D eigenvalue weighted by Crippen LogP contribution is -2.20. The van der Waals surface area contributed by atoms with Crippen LogP contribution in [0.25, 0.3) is 0 Å². The Morgan fingerprint density at radius 3 is 2.27 bits per heavy atom. The normalized spacial score (nSPS) is 11.3. The number of carbonyl (C=O) groups excluding carboxylic acids is 1. The second-order valence-corrected chi connectivity index (χ2v) is 2.70. The van der Waals surface area contributed by atoms with E-state index < -0.39 is 17.5 Å². The third-order valence-corrected chi connectivity index (χ3v) is 1.51. The minimum Gasteiger partial charge on any atom is -0.293 e. The van der Waals surface area contributed by atoms with Crippen LogP contribution < -0.4 is 0 Å². The van der Waals surface area contributed by atoms with Crippen molar-refractivity contribution in [2.24, 2.45) is 0 Å². The Balaban J connectivity index is 4.15. The molecule has 0 bridgehead atoms. The summed E-state index contributed by atoms with van der Waals surface area (Å²) in [5, 5.41) is 0. The number of hydrogen-bond donors (Lipinski definition) is 0. The van der Waals surface area contributed by atoms with Crippen molar-refractivity contribution in [3.63, 3.8) is 0 Å². The van der Waals surface area contributed by atoms with Gasteiger partial charge in [0.15, 0.2) is 5.78 Å². The Kier molecular flexibility index (Phi) is 3.65. The lowest BCUT2D eigenvalue weighted by atomic mass is 10.2. The molecule has 64 valence electrons. The quantitative estimate of drug-likeness (QED) is 0.624. The summed E-state index contributed by atoms with van der Waals surface area (Å²) in [6.45, 7) is 2.66. The number of ketones is 1. The maximum atomic E-state index is 11.7. The van der Waals surface area contributed by atoms with Gasteiger partial charge in [0, 0.05) is 0 Å². The fourth-order valence-electron chi connectivity index (χ4n) is 0.376. The number of rotatable bonds is 3. The highest BCUT2D eigenvalue weighted by molar-refractivity contribution is 7.99. The molecule has 0 fully saturated rings. The summed E-state index contributed by atoms with van der Waals surface area (Å²) in [5.41, 5.74) is -1.27. The second kappa shape index (κ2) is 3.80. The summed E-state index contributed by atoms with van der Waals surface area (Å²) in [6, 6.07) is 0. The van der Waals surface area contributed by atoms with Gasteiger partial charge in [-0.15, -0.1) is 0 Å². The highest BCUT2D eigenvalue weighted by atomic mass is 32.2. The third-order valence-electron chi connectivity index (χ3n) is 0.954. The first-order chi connectivity index (χ1) is 4.89. The van der Waals surface area contributed by atoms with Crippen LogP contribution in [0.3, 0.4) is 0 Å². The minimum atomic E-state index is -4.58. The van der Waals surface area contributed by atoms with Crippen LogP contribution in [0.1, 0.15) is 0 Å². The van der Waals surface area contributed by atoms with Gasteiger partial charge in [-0.3, -0.25) is 4.79 Å². The summed E-state index contributed by atoms with van der Waals surface area (Å²) in [6.07, 6.45) is -3.02. The Labute approximate surface area is 66.7 Å². The van der Waals surface area contributed by atoms with Gasteiger partial charge in [0.25, 0.3) is 0 Å². The van der Waals surface area contributed by atoms with Crippen molar-refractivity contribution >= 4 is 17.5 Å². The van der Waals surface area contributed by atoms with Crippen molar-refractivity contribution in [3.05, 3.63) is 12.2 Å². The zero-order valence-electron chi connectivity index (χ0n) is 5.86. The summed E-state index contributed by atoms with van der Waals surface area (Å²) < 4.78 is 35.1. The maximum Gasteiger partial charge on any atom is 0.419 e. The molecule has 1 nitrogen and oxygen atoms in total. The fourth-order valence-corrected chi connectivity index (χ4v) is 0.813. The van der Waals surface area contributed by atoms with E-state index in [1.807, 2.05) is 0 Å². The van der Waals surface area contributed by atoms with Gasteiger partial charge in [-0.1, -0.05) is 6.58 Å². The van der Waals surface area contributed by atoms with Crippen molar-refractivity contribution in [3.8, 4) is 0 Å². The predicted molar refractivity (Wildman–Crippen MR) is 38.6 cm³/mol. The first kappa shape index (κ1) is 10.6. The Morgan fingerprint density at radius 1 is 1.55 bits per heavy atom. The minimum absolute atomic E-state index is 0.168. The van der Waals surface area contributed by atoms with Crippen molar-refractivity contribution in [1.29, 1.82) is 0 Å². The van der Waals surface area contributed by atoms with Gasteiger partial charge < -0.3 is 0 Å². The van der Waals surface area contributed by atoms with E-state index in [0.717, 1.165) is 11.8 Å². The number of hydrogen-bond acceptors (Lipinski definition) is 2. The van der Waals surface area contributed by atoms with Crippen LogP contribution in [-0.2, 0) is 4.79 Å². The van der Waals surface area contributed by atoms with Crippen LogP contribution in [0, 0.1) is 0 Å². The number of allylic oxidation sites excluding steroid dienone is 1. The Bertz CT molecular complexity index is 173. The molecule has 0 aromatic carbocycles. The van der Waals surface area contributed by atoms with Crippen LogP contribution in [0.4, 0.5) is 13.2 Å². The van der Waals surface area contributed by atoms with E-state index in [2.05, 4.69) is 6.58 Å². The zero-order chi connectivity index (χ0) is 9.07. The highest BCUT2D eigenvalue weighted by Crippen LogP contribution is 2.25. The van der Waals surface area contributed by atoms with E-state index in [-0.39, 0.29) is 5.75 Å². The Hall–Kier alpha value is -0.450. The van der Waals surface area contributed by atoms with Crippen molar-refractivity contribution in [2.45, 2.75) is 6.18 Å². The van der Waals surface area contributed by atoms with Crippen LogP contribution in [-0.4, -0.2) is 24.0 Å². The van der Waals surface area contributed by atoms with Gasteiger partial charge in [-0.2, -0.15) is 24.9 Å². The molecule has 0 aromatic heterocycles. The van der Waals surface area contributed by atoms with E-state index in [0.29, 0.717) is 0 Å². The average molecular weight is 184 g/mol. The monoisotopic (exact) mass is 184 g/mol. The van der Waals surface area contributed by atoms with Crippen LogP contribution >= 0.6 is 11.8 Å². The standard InChI is InChI=1S/C6H7F3OS/c1-4(6(7,8)9)5(10)3-11-2/h1,3H2,2H3. The Morgan fingerprint density at radius 2 is 2.00 bits per heavy atom. The lowest BCUT2D eigenvalue weighted by molar-refractivity contribution is -0.126. The van der Waals surface area contributed by atoms with Gasteiger partial charge in [0.1, 0.15) is 0 Å². The van der Waals surface area contributed by atoms with Gasteiger partial charge in [0.2, 0.25) is 0 Å². The topological polar surface area (TPSA) is 17.1 Å². The molecule has 0 N–H and O–H groups in total.